The van der Waals surface area contributed by atoms with Gasteiger partial charge in [-0.2, -0.15) is 0 Å². The van der Waals surface area contributed by atoms with Gasteiger partial charge in [0.25, 0.3) is 0 Å². The van der Waals surface area contributed by atoms with Crippen LogP contribution in [0.5, 0.6) is 0 Å². The van der Waals surface area contributed by atoms with E-state index in [4.69, 9.17) is 0 Å². The fourth-order valence-corrected chi connectivity index (χ4v) is 2.15. The van der Waals surface area contributed by atoms with Gasteiger partial charge in [0.05, 0.1) is 35.2 Å². The van der Waals surface area contributed by atoms with Crippen molar-refractivity contribution in [2.24, 2.45) is 0 Å². The first-order valence-electron chi connectivity index (χ1n) is 6.19. The molecule has 0 spiro atoms. The summed E-state index contributed by atoms with van der Waals surface area (Å²) in [7, 11) is 0. The van der Waals surface area contributed by atoms with Gasteiger partial charge in [-0.05, 0) is 12.1 Å². The molecule has 3 rings (SSSR count). The minimum Gasteiger partial charge on any atom is -0.478 e. The smallest absolute Gasteiger partial charge is 0.337 e. The summed E-state index contributed by atoms with van der Waals surface area (Å²) in [6.07, 6.45) is 9.07. The van der Waals surface area contributed by atoms with Gasteiger partial charge >= 0.3 is 11.9 Å². The predicted octanol–water partition coefficient (Wildman–Crippen LogP) is 1.45. The topological polar surface area (TPSA) is 110 Å². The van der Waals surface area contributed by atoms with Crippen LogP contribution < -0.4 is 0 Å². The van der Waals surface area contributed by atoms with Crippen molar-refractivity contribution in [1.82, 2.24) is 19.1 Å². The van der Waals surface area contributed by atoms with E-state index in [0.29, 0.717) is 11.4 Å². The van der Waals surface area contributed by atoms with Gasteiger partial charge in [-0.25, -0.2) is 19.6 Å². The normalized spacial score (nSPS) is 10.5. The molecule has 8 nitrogen and oxygen atoms in total. The Morgan fingerprint density at radius 2 is 1.27 bits per heavy atom. The first-order valence-corrected chi connectivity index (χ1v) is 6.19. The molecular weight excluding hydrogens is 288 g/mol. The third-order valence-electron chi connectivity index (χ3n) is 3.14. The Hall–Kier alpha value is -3.42. The summed E-state index contributed by atoms with van der Waals surface area (Å²) in [5.41, 5.74) is 0.385. The molecule has 0 aliphatic carbocycles. The SMILES string of the molecule is O=C(O)c1cc(C(=O)O)c(-n2ccnc2)cc1-n1ccnc1. The van der Waals surface area contributed by atoms with Crippen LogP contribution in [0, 0.1) is 0 Å². The molecule has 3 aromatic rings. The van der Waals surface area contributed by atoms with Crippen LogP contribution in [0.15, 0.2) is 49.6 Å². The average Bonchev–Trinajstić information content (AvgIpc) is 3.19. The lowest BCUT2D eigenvalue weighted by molar-refractivity contribution is 0.0695. The molecule has 0 atom stereocenters. The van der Waals surface area contributed by atoms with E-state index in [-0.39, 0.29) is 11.1 Å². The van der Waals surface area contributed by atoms with Crippen LogP contribution in [0.3, 0.4) is 0 Å². The van der Waals surface area contributed by atoms with Gasteiger partial charge in [-0.15, -0.1) is 0 Å². The van der Waals surface area contributed by atoms with Crippen molar-refractivity contribution in [2.45, 2.75) is 0 Å². The van der Waals surface area contributed by atoms with Crippen LogP contribution in [0.25, 0.3) is 11.4 Å². The lowest BCUT2D eigenvalue weighted by atomic mass is 10.1. The highest BCUT2D eigenvalue weighted by Gasteiger charge is 2.20. The molecule has 0 unspecified atom stereocenters. The second-order valence-electron chi connectivity index (χ2n) is 4.44. The van der Waals surface area contributed by atoms with E-state index in [2.05, 4.69) is 9.97 Å². The molecule has 22 heavy (non-hydrogen) atoms. The summed E-state index contributed by atoms with van der Waals surface area (Å²) >= 11 is 0. The molecule has 0 aliphatic heterocycles. The number of hydrogen-bond acceptors (Lipinski definition) is 4. The summed E-state index contributed by atoms with van der Waals surface area (Å²) in [6, 6.07) is 2.62. The van der Waals surface area contributed by atoms with Crippen molar-refractivity contribution in [3.8, 4) is 11.4 Å². The number of rotatable bonds is 4. The highest BCUT2D eigenvalue weighted by Crippen LogP contribution is 2.24. The number of nitrogens with zero attached hydrogens (tertiary/aromatic N) is 4. The summed E-state index contributed by atoms with van der Waals surface area (Å²) in [4.78, 5) is 30.7. The van der Waals surface area contributed by atoms with Crippen LogP contribution in [-0.4, -0.2) is 41.3 Å². The van der Waals surface area contributed by atoms with E-state index in [1.54, 1.807) is 12.4 Å². The molecule has 0 amide bonds. The molecule has 8 heteroatoms. The number of carboxylic acid groups (broad SMARTS) is 2. The summed E-state index contributed by atoms with van der Waals surface area (Å²) in [5.74, 6) is -2.44. The molecule has 0 saturated heterocycles. The van der Waals surface area contributed by atoms with Crippen molar-refractivity contribution in [3.63, 3.8) is 0 Å². The van der Waals surface area contributed by atoms with Gasteiger partial charge in [0.1, 0.15) is 0 Å². The minimum atomic E-state index is -1.22. The van der Waals surface area contributed by atoms with Crippen molar-refractivity contribution in [1.29, 1.82) is 0 Å². The Morgan fingerprint density at radius 3 is 1.59 bits per heavy atom. The Kier molecular flexibility index (Phi) is 3.18. The number of aromatic nitrogens is 4. The van der Waals surface area contributed by atoms with Crippen LogP contribution in [-0.2, 0) is 0 Å². The van der Waals surface area contributed by atoms with Crippen molar-refractivity contribution in [3.05, 3.63) is 60.7 Å². The van der Waals surface area contributed by atoms with Gasteiger partial charge in [-0.1, -0.05) is 0 Å². The first kappa shape index (κ1) is 13.6. The van der Waals surface area contributed by atoms with Crippen molar-refractivity contribution in [2.75, 3.05) is 0 Å². The lowest BCUT2D eigenvalue weighted by Gasteiger charge is -2.13. The second-order valence-corrected chi connectivity index (χ2v) is 4.44. The highest BCUT2D eigenvalue weighted by molar-refractivity contribution is 5.99. The van der Waals surface area contributed by atoms with E-state index in [9.17, 15) is 19.8 Å². The quantitative estimate of drug-likeness (QED) is 0.754. The van der Waals surface area contributed by atoms with E-state index in [1.165, 1.54) is 40.2 Å². The molecular formula is C14H10N4O4. The summed E-state index contributed by atoms with van der Waals surface area (Å²) < 4.78 is 3.02. The number of aromatic carboxylic acids is 2. The third kappa shape index (κ3) is 2.22. The Morgan fingerprint density at radius 1 is 0.818 bits per heavy atom. The maximum Gasteiger partial charge on any atom is 0.337 e. The van der Waals surface area contributed by atoms with Crippen LogP contribution in [0.1, 0.15) is 20.7 Å². The molecule has 0 fully saturated rings. The lowest BCUT2D eigenvalue weighted by Crippen LogP contribution is -2.11. The van der Waals surface area contributed by atoms with E-state index >= 15 is 0 Å². The molecule has 110 valence electrons. The largest absolute Gasteiger partial charge is 0.478 e. The van der Waals surface area contributed by atoms with Gasteiger partial charge < -0.3 is 19.3 Å². The first-order chi connectivity index (χ1) is 10.6. The molecule has 2 aromatic heterocycles. The zero-order valence-corrected chi connectivity index (χ0v) is 11.1. The maximum absolute atomic E-state index is 11.4. The number of hydrogen-bond donors (Lipinski definition) is 2. The summed E-state index contributed by atoms with van der Waals surface area (Å²) in [6.45, 7) is 0. The van der Waals surface area contributed by atoms with Crippen LogP contribution >= 0.6 is 0 Å². The molecule has 0 saturated carbocycles. The predicted molar refractivity (Wildman–Crippen MR) is 74.6 cm³/mol. The Labute approximate surface area is 123 Å². The maximum atomic E-state index is 11.4. The second kappa shape index (κ2) is 5.17. The number of carboxylic acids is 2. The van der Waals surface area contributed by atoms with E-state index < -0.39 is 11.9 Å². The molecule has 2 heterocycles. The number of imidazole rings is 2. The highest BCUT2D eigenvalue weighted by atomic mass is 16.4. The van der Waals surface area contributed by atoms with Crippen molar-refractivity contribution >= 4 is 11.9 Å². The molecule has 1 aromatic carbocycles. The van der Waals surface area contributed by atoms with Crippen LogP contribution in [0.2, 0.25) is 0 Å². The molecule has 0 aliphatic rings. The fraction of sp³-hybridized carbons (Fsp3) is 0. The van der Waals surface area contributed by atoms with Gasteiger partial charge in [0, 0.05) is 24.8 Å². The average molecular weight is 298 g/mol. The number of benzene rings is 1. The molecule has 0 bridgehead atoms. The minimum absolute atomic E-state index is 0.126. The van der Waals surface area contributed by atoms with Gasteiger partial charge in [-0.3, -0.25) is 0 Å². The molecule has 2 N–H and O–H groups in total. The zero-order chi connectivity index (χ0) is 15.7. The standard InChI is InChI=1S/C14H10N4O4/c19-13(20)9-5-10(14(21)22)12(18-4-2-16-8-18)6-11(9)17-3-1-15-7-17/h1-8H,(H,19,20)(H,21,22). The zero-order valence-electron chi connectivity index (χ0n) is 11.1. The van der Waals surface area contributed by atoms with Crippen LogP contribution in [0.4, 0.5) is 0 Å². The van der Waals surface area contributed by atoms with Gasteiger partial charge in [0.15, 0.2) is 0 Å². The monoisotopic (exact) mass is 298 g/mol. The van der Waals surface area contributed by atoms with E-state index in [1.807, 2.05) is 0 Å². The Bertz CT molecular complexity index is 771. The fourth-order valence-electron chi connectivity index (χ4n) is 2.15. The van der Waals surface area contributed by atoms with E-state index in [0.717, 1.165) is 6.07 Å². The van der Waals surface area contributed by atoms with Crippen molar-refractivity contribution < 1.29 is 19.8 Å². The third-order valence-corrected chi connectivity index (χ3v) is 3.14. The Balaban J connectivity index is 2.32. The summed E-state index contributed by atoms with van der Waals surface area (Å²) in [5, 5.41) is 18.7. The molecule has 0 radical (unpaired) electrons. The number of carbonyl (C=O) groups is 2. The van der Waals surface area contributed by atoms with Gasteiger partial charge in [0.2, 0.25) is 0 Å².